The Morgan fingerprint density at radius 1 is 1.08 bits per heavy atom. The van der Waals surface area contributed by atoms with Crippen molar-refractivity contribution in [2.24, 2.45) is 0 Å². The lowest BCUT2D eigenvalue weighted by molar-refractivity contribution is -0.119. The van der Waals surface area contributed by atoms with Crippen LogP contribution in [0.4, 0.5) is 5.69 Å². The van der Waals surface area contributed by atoms with E-state index in [0.29, 0.717) is 16.5 Å². The van der Waals surface area contributed by atoms with E-state index >= 15 is 0 Å². The van der Waals surface area contributed by atoms with E-state index in [1.165, 1.54) is 7.11 Å². The van der Waals surface area contributed by atoms with Gasteiger partial charge in [-0.3, -0.25) is 4.79 Å². The first-order valence-electron chi connectivity index (χ1n) is 7.28. The van der Waals surface area contributed by atoms with Crippen LogP contribution in [0.5, 0.6) is 5.75 Å². The maximum Gasteiger partial charge on any atom is 0.342 e. The third-order valence-corrected chi connectivity index (χ3v) is 3.62. The van der Waals surface area contributed by atoms with Gasteiger partial charge in [-0.25, -0.2) is 4.79 Å². The first kappa shape index (κ1) is 17.8. The Morgan fingerprint density at radius 2 is 1.75 bits per heavy atom. The number of carbonyl (C=O) groups excluding carboxylic acids is 2. The number of amides is 1. The first-order valence-corrected chi connectivity index (χ1v) is 7.66. The molecule has 0 aliphatic rings. The first-order chi connectivity index (χ1) is 11.4. The summed E-state index contributed by atoms with van der Waals surface area (Å²) in [7, 11) is 1.47. The summed E-state index contributed by atoms with van der Waals surface area (Å²) in [5.74, 6) is -0.700. The second kappa shape index (κ2) is 7.84. The molecule has 0 atom stereocenters. The third kappa shape index (κ3) is 4.49. The zero-order valence-electron chi connectivity index (χ0n) is 13.7. The normalized spacial score (nSPS) is 10.2. The average Bonchev–Trinajstić information content (AvgIpc) is 2.55. The molecule has 0 aliphatic heterocycles. The summed E-state index contributed by atoms with van der Waals surface area (Å²) >= 11 is 6.05. The Morgan fingerprint density at radius 3 is 2.42 bits per heavy atom. The van der Waals surface area contributed by atoms with Crippen LogP contribution in [0.1, 0.15) is 21.5 Å². The fraction of sp³-hybridized carbons (Fsp3) is 0.222. The number of hydrogen-bond acceptors (Lipinski definition) is 4. The minimum Gasteiger partial charge on any atom is -0.496 e. The Hall–Kier alpha value is -2.53. The smallest absolute Gasteiger partial charge is 0.342 e. The molecule has 1 amide bonds. The molecular formula is C18H18ClNO4. The number of halogens is 1. The van der Waals surface area contributed by atoms with Gasteiger partial charge in [0.25, 0.3) is 5.91 Å². The molecule has 2 aromatic rings. The molecule has 0 aliphatic carbocycles. The number of methoxy groups -OCH3 is 1. The Balaban J connectivity index is 1.99. The molecule has 0 fully saturated rings. The number of rotatable bonds is 5. The van der Waals surface area contributed by atoms with E-state index in [9.17, 15) is 9.59 Å². The molecule has 126 valence electrons. The second-order valence-electron chi connectivity index (χ2n) is 5.31. The topological polar surface area (TPSA) is 64.6 Å². The van der Waals surface area contributed by atoms with Gasteiger partial charge in [0, 0.05) is 0 Å². The lowest BCUT2D eigenvalue weighted by Crippen LogP contribution is -2.21. The molecule has 0 radical (unpaired) electrons. The van der Waals surface area contributed by atoms with Gasteiger partial charge in [0.15, 0.2) is 6.61 Å². The lowest BCUT2D eigenvalue weighted by atomic mass is 10.1. The van der Waals surface area contributed by atoms with Gasteiger partial charge >= 0.3 is 5.97 Å². The number of ether oxygens (including phenoxy) is 2. The van der Waals surface area contributed by atoms with Crippen LogP contribution in [-0.2, 0) is 9.53 Å². The molecule has 0 heterocycles. The molecule has 0 bridgehead atoms. The molecule has 0 spiro atoms. The highest BCUT2D eigenvalue weighted by Gasteiger charge is 2.16. The van der Waals surface area contributed by atoms with E-state index in [0.717, 1.165) is 11.1 Å². The number of anilines is 1. The molecule has 2 aromatic carbocycles. The van der Waals surface area contributed by atoms with Gasteiger partial charge in [-0.05, 0) is 43.7 Å². The van der Waals surface area contributed by atoms with E-state index in [1.54, 1.807) is 24.3 Å². The van der Waals surface area contributed by atoms with Crippen molar-refractivity contribution in [3.63, 3.8) is 0 Å². The monoisotopic (exact) mass is 347 g/mol. The van der Waals surface area contributed by atoms with E-state index in [2.05, 4.69) is 5.32 Å². The highest BCUT2D eigenvalue weighted by molar-refractivity contribution is 6.33. The maximum atomic E-state index is 12.1. The van der Waals surface area contributed by atoms with E-state index in [-0.39, 0.29) is 5.56 Å². The molecule has 6 heteroatoms. The summed E-state index contributed by atoms with van der Waals surface area (Å²) in [6, 6.07) is 10.4. The van der Waals surface area contributed by atoms with Crippen molar-refractivity contribution in [2.45, 2.75) is 13.8 Å². The Kier molecular flexibility index (Phi) is 5.82. The Labute approximate surface area is 145 Å². The van der Waals surface area contributed by atoms with Gasteiger partial charge in [0.05, 0.1) is 17.8 Å². The summed E-state index contributed by atoms with van der Waals surface area (Å²) in [5, 5.41) is 3.03. The summed E-state index contributed by atoms with van der Waals surface area (Å²) in [6.45, 7) is 3.33. The van der Waals surface area contributed by atoms with Crippen LogP contribution in [0.15, 0.2) is 36.4 Å². The molecular weight excluding hydrogens is 330 g/mol. The zero-order chi connectivity index (χ0) is 17.7. The number of nitrogens with one attached hydrogen (secondary N) is 1. The maximum absolute atomic E-state index is 12.1. The van der Waals surface area contributed by atoms with Crippen molar-refractivity contribution in [1.82, 2.24) is 0 Å². The van der Waals surface area contributed by atoms with Crippen molar-refractivity contribution in [3.05, 3.63) is 58.1 Å². The third-order valence-electron chi connectivity index (χ3n) is 3.31. The molecule has 1 N–H and O–H groups in total. The molecule has 2 rings (SSSR count). The fourth-order valence-electron chi connectivity index (χ4n) is 2.10. The van der Waals surface area contributed by atoms with E-state index < -0.39 is 18.5 Å². The van der Waals surface area contributed by atoms with Gasteiger partial charge in [-0.15, -0.1) is 0 Å². The summed E-state index contributed by atoms with van der Waals surface area (Å²) in [5.41, 5.74) is 2.62. The standard InChI is InChI=1S/C18H18ClNO4/c1-11-5-7-16(23-3)13(8-11)18(22)24-10-17(21)20-15-6-4-12(2)9-14(15)19/h4-9H,10H2,1-3H3,(H,20,21). The fourth-order valence-corrected chi connectivity index (χ4v) is 2.38. The Bertz CT molecular complexity index is 774. The predicted octanol–water partition coefficient (Wildman–Crippen LogP) is 3.76. The average molecular weight is 348 g/mol. The van der Waals surface area contributed by atoms with Crippen molar-refractivity contribution < 1.29 is 19.1 Å². The van der Waals surface area contributed by atoms with Crippen LogP contribution in [0.2, 0.25) is 5.02 Å². The molecule has 0 aromatic heterocycles. The molecule has 5 nitrogen and oxygen atoms in total. The minimum atomic E-state index is -0.624. The van der Waals surface area contributed by atoms with Crippen LogP contribution in [0, 0.1) is 13.8 Å². The van der Waals surface area contributed by atoms with Gasteiger partial charge in [0.1, 0.15) is 11.3 Å². The number of carbonyl (C=O) groups is 2. The van der Waals surface area contributed by atoms with Crippen molar-refractivity contribution >= 4 is 29.2 Å². The SMILES string of the molecule is COc1ccc(C)cc1C(=O)OCC(=O)Nc1ccc(C)cc1Cl. The molecule has 0 saturated carbocycles. The molecule has 24 heavy (non-hydrogen) atoms. The van der Waals surface area contributed by atoms with Crippen LogP contribution >= 0.6 is 11.6 Å². The minimum absolute atomic E-state index is 0.277. The van der Waals surface area contributed by atoms with Crippen LogP contribution in [0.3, 0.4) is 0 Å². The highest BCUT2D eigenvalue weighted by atomic mass is 35.5. The summed E-state index contributed by atoms with van der Waals surface area (Å²) in [6.07, 6.45) is 0. The number of hydrogen-bond donors (Lipinski definition) is 1. The van der Waals surface area contributed by atoms with Gasteiger partial charge in [-0.2, -0.15) is 0 Å². The predicted molar refractivity (Wildman–Crippen MR) is 92.8 cm³/mol. The number of aryl methyl sites for hydroxylation is 2. The second-order valence-corrected chi connectivity index (χ2v) is 5.72. The number of esters is 1. The van der Waals surface area contributed by atoms with Crippen LogP contribution < -0.4 is 10.1 Å². The molecule has 0 unspecified atom stereocenters. The quantitative estimate of drug-likeness (QED) is 0.836. The van der Waals surface area contributed by atoms with Crippen LogP contribution in [0.25, 0.3) is 0 Å². The number of benzene rings is 2. The van der Waals surface area contributed by atoms with Gasteiger partial charge < -0.3 is 14.8 Å². The molecule has 0 saturated heterocycles. The largest absolute Gasteiger partial charge is 0.496 e. The van der Waals surface area contributed by atoms with Crippen molar-refractivity contribution in [1.29, 1.82) is 0 Å². The zero-order valence-corrected chi connectivity index (χ0v) is 14.4. The highest BCUT2D eigenvalue weighted by Crippen LogP contribution is 2.23. The lowest BCUT2D eigenvalue weighted by Gasteiger charge is -2.10. The van der Waals surface area contributed by atoms with Crippen molar-refractivity contribution in [2.75, 3.05) is 19.0 Å². The van der Waals surface area contributed by atoms with E-state index in [4.69, 9.17) is 21.1 Å². The van der Waals surface area contributed by atoms with Crippen molar-refractivity contribution in [3.8, 4) is 5.75 Å². The summed E-state index contributed by atoms with van der Waals surface area (Å²) in [4.78, 5) is 24.1. The van der Waals surface area contributed by atoms with Gasteiger partial charge in [-0.1, -0.05) is 29.3 Å². The van der Waals surface area contributed by atoms with Gasteiger partial charge in [0.2, 0.25) is 0 Å². The van der Waals surface area contributed by atoms with E-state index in [1.807, 2.05) is 26.0 Å². The summed E-state index contributed by atoms with van der Waals surface area (Å²) < 4.78 is 10.2. The van der Waals surface area contributed by atoms with Crippen LogP contribution in [-0.4, -0.2) is 25.6 Å².